The Morgan fingerprint density at radius 2 is 1.33 bits per heavy atom. The van der Waals surface area contributed by atoms with Crippen LogP contribution in [0.5, 0.6) is 0 Å². The topological polar surface area (TPSA) is 64.7 Å². The molecule has 0 aliphatic heterocycles. The van der Waals surface area contributed by atoms with Crippen molar-refractivity contribution in [1.29, 1.82) is 0 Å². The zero-order valence-corrected chi connectivity index (χ0v) is 33.5. The van der Waals surface area contributed by atoms with Gasteiger partial charge in [0.1, 0.15) is 0 Å². The molecule has 5 aromatic heterocycles. The van der Waals surface area contributed by atoms with Gasteiger partial charge in [0.05, 0.1) is 16.8 Å². The van der Waals surface area contributed by atoms with E-state index in [0.717, 1.165) is 72.3 Å². The summed E-state index contributed by atoms with van der Waals surface area (Å²) in [5.74, 6) is 0. The Labute approximate surface area is 329 Å². The van der Waals surface area contributed by atoms with Crippen LogP contribution in [0.1, 0.15) is 33.5 Å². The van der Waals surface area contributed by atoms with Crippen molar-refractivity contribution in [2.45, 2.75) is 41.5 Å². The van der Waals surface area contributed by atoms with Gasteiger partial charge in [-0.2, -0.15) is 0 Å². The molecule has 0 aliphatic rings. The zero-order chi connectivity index (χ0) is 36.6. The van der Waals surface area contributed by atoms with Gasteiger partial charge >= 0.3 is 0 Å². The van der Waals surface area contributed by atoms with Crippen molar-refractivity contribution in [3.63, 3.8) is 0 Å². The van der Waals surface area contributed by atoms with Gasteiger partial charge in [-0.1, -0.05) is 53.4 Å². The number of hydrogen-bond acceptors (Lipinski definition) is 5. The average molecular weight is 879 g/mol. The van der Waals surface area contributed by atoms with E-state index in [0.29, 0.717) is 5.71 Å². The molecular weight excluding hydrogens is 841 g/mol. The van der Waals surface area contributed by atoms with Crippen molar-refractivity contribution in [2.24, 2.45) is 0 Å². The minimum atomic E-state index is 0. The van der Waals surface area contributed by atoms with E-state index in [4.69, 9.17) is 14.4 Å². The van der Waals surface area contributed by atoms with E-state index >= 15 is 0 Å². The standard InChI is InChI=1S/C36H28N3O.C12H10N.Ir/c1-20-8-6-9-21(2)34(20)31-15-13-25-17-29(22(3)16-32(25)39-31)30-18-33(37-19-23(30)4)28-11-7-10-26-27-14-12-24(5)38-36(27)40-35(26)28;1-10-7-8-12(13-9-10)11-5-3-2-4-6-11;/h6-10,12-19H,1-5H3;2-5,7-9H,1H3;/q2*-1;. The van der Waals surface area contributed by atoms with Gasteiger partial charge in [0.2, 0.25) is 5.71 Å². The summed E-state index contributed by atoms with van der Waals surface area (Å²) in [4.78, 5) is 18.8. The molecule has 9 rings (SSSR count). The Balaban J connectivity index is 0.000000272. The van der Waals surface area contributed by atoms with Gasteiger partial charge in [0.25, 0.3) is 0 Å². The second-order valence-electron chi connectivity index (χ2n) is 13.7. The van der Waals surface area contributed by atoms with Crippen LogP contribution < -0.4 is 0 Å². The predicted molar refractivity (Wildman–Crippen MR) is 217 cm³/mol. The van der Waals surface area contributed by atoms with Crippen LogP contribution in [-0.2, 0) is 20.1 Å². The van der Waals surface area contributed by atoms with Crippen molar-refractivity contribution >= 4 is 33.0 Å². The number of aryl methyl sites for hydroxylation is 6. The Bertz CT molecular complexity index is 2770. The molecule has 9 aromatic rings. The summed E-state index contributed by atoms with van der Waals surface area (Å²) < 4.78 is 6.25. The number of nitrogens with zero attached hydrogens (tertiary/aromatic N) is 4. The van der Waals surface area contributed by atoms with Crippen LogP contribution in [0.3, 0.4) is 0 Å². The van der Waals surface area contributed by atoms with Gasteiger partial charge in [0, 0.05) is 54.5 Å². The first-order chi connectivity index (χ1) is 25.7. The molecule has 6 heteroatoms. The van der Waals surface area contributed by atoms with Crippen molar-refractivity contribution in [3.05, 3.63) is 167 Å². The number of fused-ring (bicyclic) bond motifs is 4. The fourth-order valence-corrected chi connectivity index (χ4v) is 6.96. The SMILES string of the molecule is Cc1ccc(-c2[c-]cccc2)nc1.Cc1ccc2c(n1)oc1c(-c3cc(-c4cc5ccc(-c6c(C)cccc6C)nc5cc4C)c(C)cn3)[c-]ccc12.[Ir]. The fraction of sp³-hybridized carbons (Fsp3) is 0.125. The van der Waals surface area contributed by atoms with Crippen molar-refractivity contribution in [1.82, 2.24) is 19.9 Å². The molecule has 0 N–H and O–H groups in total. The molecule has 0 aliphatic carbocycles. The molecule has 1 radical (unpaired) electrons. The minimum Gasteiger partial charge on any atom is -0.486 e. The number of rotatable bonds is 4. The Morgan fingerprint density at radius 3 is 2.09 bits per heavy atom. The Hall–Kier alpha value is -5.81. The number of furan rings is 1. The summed E-state index contributed by atoms with van der Waals surface area (Å²) in [6.07, 6.45) is 3.81. The quantitative estimate of drug-likeness (QED) is 0.165. The molecule has 0 saturated carbocycles. The van der Waals surface area contributed by atoms with E-state index in [-0.39, 0.29) is 20.1 Å². The molecule has 0 unspecified atom stereocenters. The molecule has 0 atom stereocenters. The Kier molecular flexibility index (Phi) is 10.3. The van der Waals surface area contributed by atoms with Crippen LogP contribution in [-0.4, -0.2) is 19.9 Å². The summed E-state index contributed by atoms with van der Waals surface area (Å²) in [5.41, 5.74) is 17.5. The van der Waals surface area contributed by atoms with E-state index in [9.17, 15) is 0 Å². The van der Waals surface area contributed by atoms with Crippen molar-refractivity contribution < 1.29 is 24.5 Å². The van der Waals surface area contributed by atoms with Crippen LogP contribution in [0.2, 0.25) is 0 Å². The van der Waals surface area contributed by atoms with Crippen LogP contribution >= 0.6 is 0 Å². The van der Waals surface area contributed by atoms with Gasteiger partial charge in [-0.15, -0.1) is 54.1 Å². The first kappa shape index (κ1) is 36.5. The van der Waals surface area contributed by atoms with Gasteiger partial charge in [0.15, 0.2) is 0 Å². The maximum absolute atomic E-state index is 6.25. The van der Waals surface area contributed by atoms with E-state index in [1.54, 1.807) is 0 Å². The fourth-order valence-electron chi connectivity index (χ4n) is 6.96. The largest absolute Gasteiger partial charge is 0.486 e. The second-order valence-corrected chi connectivity index (χ2v) is 13.7. The zero-order valence-electron chi connectivity index (χ0n) is 31.1. The van der Waals surface area contributed by atoms with Crippen LogP contribution in [0, 0.1) is 53.7 Å². The summed E-state index contributed by atoms with van der Waals surface area (Å²) >= 11 is 0. The summed E-state index contributed by atoms with van der Waals surface area (Å²) in [7, 11) is 0. The van der Waals surface area contributed by atoms with E-state index in [1.165, 1.54) is 33.4 Å². The molecule has 5 heterocycles. The monoisotopic (exact) mass is 879 g/mol. The molecule has 0 saturated heterocycles. The molecule has 0 spiro atoms. The second kappa shape index (κ2) is 15.3. The molecule has 0 bridgehead atoms. The van der Waals surface area contributed by atoms with Crippen molar-refractivity contribution in [2.75, 3.05) is 0 Å². The summed E-state index contributed by atoms with van der Waals surface area (Å²) in [6.45, 7) is 12.6. The number of hydrogen-bond donors (Lipinski definition) is 0. The minimum absolute atomic E-state index is 0. The Morgan fingerprint density at radius 1 is 0.556 bits per heavy atom. The summed E-state index contributed by atoms with van der Waals surface area (Å²) in [5, 5.41) is 3.13. The van der Waals surface area contributed by atoms with Crippen LogP contribution in [0.25, 0.3) is 77.9 Å². The van der Waals surface area contributed by atoms with Gasteiger partial charge in [-0.25, -0.2) is 9.97 Å². The van der Waals surface area contributed by atoms with Crippen LogP contribution in [0.15, 0.2) is 126 Å². The van der Waals surface area contributed by atoms with E-state index in [1.807, 2.05) is 74.8 Å². The normalized spacial score (nSPS) is 11.0. The van der Waals surface area contributed by atoms with Gasteiger partial charge in [-0.3, -0.25) is 0 Å². The maximum atomic E-state index is 6.25. The van der Waals surface area contributed by atoms with Crippen LogP contribution in [0.4, 0.5) is 0 Å². The third-order valence-electron chi connectivity index (χ3n) is 9.76. The molecule has 0 amide bonds. The summed E-state index contributed by atoms with van der Waals surface area (Å²) in [6, 6.07) is 43.8. The maximum Gasteiger partial charge on any atom is 0.216 e. The van der Waals surface area contributed by atoms with Gasteiger partial charge < -0.3 is 14.4 Å². The van der Waals surface area contributed by atoms with E-state index < -0.39 is 0 Å². The third-order valence-corrected chi connectivity index (χ3v) is 9.76. The van der Waals surface area contributed by atoms with Crippen molar-refractivity contribution in [3.8, 4) is 44.9 Å². The smallest absolute Gasteiger partial charge is 0.216 e. The first-order valence-electron chi connectivity index (χ1n) is 17.8. The molecule has 5 nitrogen and oxygen atoms in total. The first-order valence-corrected chi connectivity index (χ1v) is 17.8. The molecular formula is C48H38IrN4O-2. The van der Waals surface area contributed by atoms with Gasteiger partial charge in [-0.05, 0) is 122 Å². The number of pyridine rings is 4. The average Bonchev–Trinajstić information content (AvgIpc) is 3.53. The predicted octanol–water partition coefficient (Wildman–Crippen LogP) is 12.1. The number of benzene rings is 4. The molecule has 4 aromatic carbocycles. The molecule has 54 heavy (non-hydrogen) atoms. The van der Waals surface area contributed by atoms with E-state index in [2.05, 4.69) is 110 Å². The number of aromatic nitrogens is 4. The molecule has 267 valence electrons. The third kappa shape index (κ3) is 7.11. The molecule has 0 fully saturated rings.